The monoisotopic (exact) mass is 564 g/mol. The van der Waals surface area contributed by atoms with Crippen LogP contribution in [0, 0.1) is 23.2 Å². The minimum atomic E-state index is -1.15. The summed E-state index contributed by atoms with van der Waals surface area (Å²) in [4.78, 5) is 28.0. The van der Waals surface area contributed by atoms with Crippen molar-refractivity contribution >= 4 is 30.8 Å². The molecule has 1 N–H and O–H groups in total. The third-order valence-corrected chi connectivity index (χ3v) is 11.3. The summed E-state index contributed by atoms with van der Waals surface area (Å²) in [5.74, 6) is 1.87. The second kappa shape index (κ2) is 10.4. The van der Waals surface area contributed by atoms with Gasteiger partial charge in [-0.3, -0.25) is 4.79 Å². The molecule has 1 saturated carbocycles. The van der Waals surface area contributed by atoms with Crippen molar-refractivity contribution in [3.05, 3.63) is 23.5 Å². The van der Waals surface area contributed by atoms with Crippen molar-refractivity contribution < 1.29 is 14.3 Å². The molecule has 4 heterocycles. The second-order valence-corrected chi connectivity index (χ2v) is 19.5. The highest BCUT2D eigenvalue weighted by Crippen LogP contribution is 2.60. The van der Waals surface area contributed by atoms with Crippen molar-refractivity contribution in [3.63, 3.8) is 0 Å². The lowest BCUT2D eigenvalue weighted by Gasteiger charge is -2.30. The van der Waals surface area contributed by atoms with E-state index >= 15 is 0 Å². The molecule has 40 heavy (non-hydrogen) atoms. The van der Waals surface area contributed by atoms with E-state index in [1.54, 1.807) is 11.1 Å². The molecule has 10 heteroatoms. The van der Waals surface area contributed by atoms with Gasteiger partial charge in [-0.05, 0) is 61.5 Å². The molecule has 2 fully saturated rings. The molecule has 2 aliphatic carbocycles. The standard InChI is InChI=1S/C30H44N6O3Si/c1-19(20-7-9-38-10-8-20)29(37)35(3)22-14-24-27(31-17-22)33-28(32-24)26-23-13-21-15-30(21,2)16-25(23)36(34-26)18-39-11-12-40(4,5)6/h14,17,19-21H,7-13,15-16,18H2,1-6H3,(H,31,32,33)/t19-,21-,30-/m1/s1. The molecule has 0 radical (unpaired) electrons. The number of nitrogens with one attached hydrogen (secondary N) is 1. The topological polar surface area (TPSA) is 98.2 Å². The Balaban J connectivity index is 1.24. The maximum Gasteiger partial charge on any atom is 0.229 e. The number of imidazole rings is 1. The zero-order valence-electron chi connectivity index (χ0n) is 24.9. The first-order valence-corrected chi connectivity index (χ1v) is 18.6. The van der Waals surface area contributed by atoms with Gasteiger partial charge in [0.25, 0.3) is 0 Å². The van der Waals surface area contributed by atoms with E-state index in [-0.39, 0.29) is 11.8 Å². The van der Waals surface area contributed by atoms with Gasteiger partial charge < -0.3 is 19.4 Å². The Labute approximate surface area is 238 Å². The van der Waals surface area contributed by atoms with Crippen LogP contribution in [0.5, 0.6) is 0 Å². The number of aromatic nitrogens is 5. The number of pyridine rings is 1. The highest BCUT2D eigenvalue weighted by atomic mass is 28.3. The summed E-state index contributed by atoms with van der Waals surface area (Å²) in [5, 5.41) is 5.04. The smallest absolute Gasteiger partial charge is 0.229 e. The molecular weight excluding hydrogens is 520 g/mol. The number of aromatic amines is 1. The van der Waals surface area contributed by atoms with Crippen LogP contribution in [0.3, 0.4) is 0 Å². The van der Waals surface area contributed by atoms with Crippen LogP contribution in [-0.4, -0.2) is 65.6 Å². The van der Waals surface area contributed by atoms with Gasteiger partial charge in [0.15, 0.2) is 11.5 Å². The first-order chi connectivity index (χ1) is 19.0. The van der Waals surface area contributed by atoms with E-state index in [1.807, 2.05) is 20.0 Å². The van der Waals surface area contributed by atoms with Crippen molar-refractivity contribution in [2.24, 2.45) is 23.2 Å². The lowest BCUT2D eigenvalue weighted by atomic mass is 9.86. The number of carbonyl (C=O) groups is 1. The van der Waals surface area contributed by atoms with Gasteiger partial charge in [-0.2, -0.15) is 5.10 Å². The molecule has 3 aromatic heterocycles. The molecule has 9 nitrogen and oxygen atoms in total. The van der Waals surface area contributed by atoms with Crippen molar-refractivity contribution in [1.29, 1.82) is 0 Å². The average molecular weight is 565 g/mol. The van der Waals surface area contributed by atoms with Crippen LogP contribution in [0.15, 0.2) is 12.3 Å². The van der Waals surface area contributed by atoms with Gasteiger partial charge in [-0.25, -0.2) is 14.6 Å². The van der Waals surface area contributed by atoms with E-state index in [4.69, 9.17) is 19.6 Å². The Bertz CT molecular complexity index is 1400. The molecular formula is C30H44N6O3Si. The summed E-state index contributed by atoms with van der Waals surface area (Å²) in [6, 6.07) is 3.12. The van der Waals surface area contributed by atoms with Crippen LogP contribution < -0.4 is 4.90 Å². The molecule has 3 atom stereocenters. The summed E-state index contributed by atoms with van der Waals surface area (Å²) in [6.07, 6.45) is 6.96. The Morgan fingerprint density at radius 3 is 2.85 bits per heavy atom. The Kier molecular flexibility index (Phi) is 7.15. The lowest BCUT2D eigenvalue weighted by molar-refractivity contribution is -0.124. The summed E-state index contributed by atoms with van der Waals surface area (Å²) < 4.78 is 13.7. The highest BCUT2D eigenvalue weighted by Gasteiger charge is 2.54. The van der Waals surface area contributed by atoms with Crippen molar-refractivity contribution in [1.82, 2.24) is 24.7 Å². The predicted molar refractivity (Wildman–Crippen MR) is 159 cm³/mol. The quantitative estimate of drug-likeness (QED) is 0.280. The van der Waals surface area contributed by atoms with Crippen LogP contribution in [0.25, 0.3) is 22.7 Å². The van der Waals surface area contributed by atoms with Crippen LogP contribution in [-0.2, 0) is 33.8 Å². The maximum absolute atomic E-state index is 13.3. The predicted octanol–water partition coefficient (Wildman–Crippen LogP) is 5.28. The van der Waals surface area contributed by atoms with Gasteiger partial charge in [-0.1, -0.05) is 33.5 Å². The van der Waals surface area contributed by atoms with E-state index in [2.05, 4.69) is 41.2 Å². The second-order valence-electron chi connectivity index (χ2n) is 13.8. The van der Waals surface area contributed by atoms with Crippen molar-refractivity contribution in [2.75, 3.05) is 31.8 Å². The molecule has 3 aromatic rings. The fraction of sp³-hybridized carbons (Fsp3) is 0.667. The molecule has 3 aliphatic rings. The average Bonchev–Trinajstić information content (AvgIpc) is 3.24. The van der Waals surface area contributed by atoms with E-state index in [0.29, 0.717) is 23.7 Å². The third kappa shape index (κ3) is 5.37. The van der Waals surface area contributed by atoms with E-state index in [9.17, 15) is 4.79 Å². The van der Waals surface area contributed by atoms with Crippen molar-refractivity contribution in [3.8, 4) is 11.5 Å². The molecule has 1 amide bonds. The van der Waals surface area contributed by atoms with Gasteiger partial charge in [-0.15, -0.1) is 0 Å². The number of anilines is 1. The van der Waals surface area contributed by atoms with Crippen LogP contribution in [0.2, 0.25) is 25.7 Å². The van der Waals surface area contributed by atoms with Gasteiger partial charge in [0.05, 0.1) is 17.4 Å². The van der Waals surface area contributed by atoms with Crippen LogP contribution in [0.4, 0.5) is 5.69 Å². The largest absolute Gasteiger partial charge is 0.381 e. The zero-order valence-corrected chi connectivity index (χ0v) is 25.9. The summed E-state index contributed by atoms with van der Waals surface area (Å²) in [5.41, 5.74) is 6.11. The first-order valence-electron chi connectivity index (χ1n) is 14.9. The van der Waals surface area contributed by atoms with E-state index < -0.39 is 8.07 Å². The van der Waals surface area contributed by atoms with E-state index in [1.165, 1.54) is 17.7 Å². The first kappa shape index (κ1) is 27.6. The molecule has 0 aromatic carbocycles. The van der Waals surface area contributed by atoms with Gasteiger partial charge in [0.1, 0.15) is 12.4 Å². The maximum atomic E-state index is 13.3. The number of amides is 1. The fourth-order valence-corrected chi connectivity index (χ4v) is 7.23. The summed E-state index contributed by atoms with van der Waals surface area (Å²) >= 11 is 0. The molecule has 216 valence electrons. The van der Waals surface area contributed by atoms with Gasteiger partial charge in [0, 0.05) is 52.1 Å². The SMILES string of the molecule is C[C@@H](C(=O)N(C)c1cnc2nc(-c3nn(COCC[Si](C)(C)C)c4c3C[C@@H]3C[C@]3(C)C4)[nH]c2c1)C1CCOCC1. The molecule has 0 spiro atoms. The number of hydrogen-bond donors (Lipinski definition) is 1. The number of hydrogen-bond acceptors (Lipinski definition) is 6. The Morgan fingerprint density at radius 1 is 1.32 bits per heavy atom. The van der Waals surface area contributed by atoms with Gasteiger partial charge in [0.2, 0.25) is 5.91 Å². The summed E-state index contributed by atoms with van der Waals surface area (Å²) in [6.45, 7) is 14.3. The number of ether oxygens (including phenoxy) is 2. The fourth-order valence-electron chi connectivity index (χ4n) is 6.48. The molecule has 0 unspecified atom stereocenters. The number of H-pyrrole nitrogens is 1. The number of fused-ring (bicyclic) bond motifs is 3. The number of carbonyl (C=O) groups excluding carboxylic acids is 1. The molecule has 1 saturated heterocycles. The Morgan fingerprint density at radius 2 is 2.10 bits per heavy atom. The molecule has 0 bridgehead atoms. The van der Waals surface area contributed by atoms with Gasteiger partial charge >= 0.3 is 0 Å². The zero-order chi connectivity index (χ0) is 28.2. The van der Waals surface area contributed by atoms with E-state index in [0.717, 1.165) is 80.2 Å². The van der Waals surface area contributed by atoms with Crippen LogP contribution in [0.1, 0.15) is 44.4 Å². The lowest BCUT2D eigenvalue weighted by Crippen LogP contribution is -2.37. The summed E-state index contributed by atoms with van der Waals surface area (Å²) in [7, 11) is 0.690. The molecule has 6 rings (SSSR count). The minimum Gasteiger partial charge on any atom is -0.381 e. The van der Waals surface area contributed by atoms with Crippen LogP contribution >= 0.6 is 0 Å². The number of rotatable bonds is 9. The molecule has 1 aliphatic heterocycles. The third-order valence-electron chi connectivity index (χ3n) is 9.56. The number of nitrogens with zero attached hydrogens (tertiary/aromatic N) is 5. The normalized spacial score (nSPS) is 23.6. The Hall–Kier alpha value is -2.56. The minimum absolute atomic E-state index is 0.0570. The van der Waals surface area contributed by atoms with Crippen molar-refractivity contribution in [2.45, 2.75) is 78.4 Å². The highest BCUT2D eigenvalue weighted by molar-refractivity contribution is 6.76.